The number of ether oxygens (including phenoxy) is 3. The van der Waals surface area contributed by atoms with Crippen LogP contribution in [0.5, 0.6) is 0 Å². The molecule has 0 bridgehead atoms. The third-order valence-electron chi connectivity index (χ3n) is 4.45. The van der Waals surface area contributed by atoms with Crippen molar-refractivity contribution in [2.45, 2.75) is 89.3 Å². The molecule has 1 aliphatic heterocycles. The molecule has 0 aromatic carbocycles. The summed E-state index contributed by atoms with van der Waals surface area (Å²) in [5, 5.41) is 10.1. The summed E-state index contributed by atoms with van der Waals surface area (Å²) in [6.45, 7) is 5.65. The van der Waals surface area contributed by atoms with Gasteiger partial charge in [-0.05, 0) is 19.8 Å². The summed E-state index contributed by atoms with van der Waals surface area (Å²) >= 11 is 0. The molecule has 0 amide bonds. The smallest absolute Gasteiger partial charge is 0.171 e. The van der Waals surface area contributed by atoms with E-state index in [0.29, 0.717) is 26.1 Å². The molecule has 2 aliphatic rings. The normalized spacial score (nSPS) is 30.8. The summed E-state index contributed by atoms with van der Waals surface area (Å²) in [5.74, 6) is -0.480. The van der Waals surface area contributed by atoms with Gasteiger partial charge in [0.15, 0.2) is 5.79 Å². The Bertz CT molecular complexity index is 276. The maximum Gasteiger partial charge on any atom is 0.171 e. The number of hydrogen-bond donors (Lipinski definition) is 1. The van der Waals surface area contributed by atoms with Crippen LogP contribution in [0.25, 0.3) is 0 Å². The fraction of sp³-hybridized carbons (Fsp3) is 1.00. The first-order chi connectivity index (χ1) is 9.65. The van der Waals surface area contributed by atoms with Crippen molar-refractivity contribution in [1.82, 2.24) is 0 Å². The van der Waals surface area contributed by atoms with E-state index in [1.807, 2.05) is 0 Å². The molecule has 1 heterocycles. The van der Waals surface area contributed by atoms with Crippen LogP contribution in [0.3, 0.4) is 0 Å². The molecule has 0 aromatic rings. The zero-order valence-electron chi connectivity index (χ0n) is 13.0. The average Bonchev–Trinajstić information content (AvgIpc) is 2.88. The standard InChI is InChI=1S/C16H30O4/c1-3-4-5-6-7-13(2)20-15-12-16(9-8-14(15)17)18-10-11-19-16/h13-15,17H,3-12H2,1-2H3. The average molecular weight is 286 g/mol. The lowest BCUT2D eigenvalue weighted by molar-refractivity contribution is -0.227. The molecule has 1 aliphatic carbocycles. The fourth-order valence-corrected chi connectivity index (χ4v) is 3.22. The van der Waals surface area contributed by atoms with Crippen molar-refractivity contribution < 1.29 is 19.3 Å². The second kappa shape index (κ2) is 7.74. The zero-order chi connectivity index (χ0) is 14.4. The first-order valence-electron chi connectivity index (χ1n) is 8.26. The molecule has 0 radical (unpaired) electrons. The molecule has 4 nitrogen and oxygen atoms in total. The predicted octanol–water partition coefficient (Wildman–Crippen LogP) is 3.02. The molecule has 0 aromatic heterocycles. The van der Waals surface area contributed by atoms with Gasteiger partial charge in [-0.15, -0.1) is 0 Å². The van der Waals surface area contributed by atoms with Crippen LogP contribution in [-0.4, -0.2) is 42.4 Å². The van der Waals surface area contributed by atoms with Gasteiger partial charge in [0.2, 0.25) is 0 Å². The fourth-order valence-electron chi connectivity index (χ4n) is 3.22. The van der Waals surface area contributed by atoms with Gasteiger partial charge in [0.25, 0.3) is 0 Å². The van der Waals surface area contributed by atoms with E-state index in [9.17, 15) is 5.11 Å². The van der Waals surface area contributed by atoms with Crippen LogP contribution in [0.2, 0.25) is 0 Å². The van der Waals surface area contributed by atoms with Crippen molar-refractivity contribution in [3.8, 4) is 0 Å². The molecule has 118 valence electrons. The highest BCUT2D eigenvalue weighted by molar-refractivity contribution is 4.89. The van der Waals surface area contributed by atoms with E-state index in [0.717, 1.165) is 12.8 Å². The van der Waals surface area contributed by atoms with Gasteiger partial charge in [0.05, 0.1) is 31.5 Å². The van der Waals surface area contributed by atoms with Gasteiger partial charge in [0.1, 0.15) is 0 Å². The van der Waals surface area contributed by atoms with E-state index in [1.165, 1.54) is 25.7 Å². The lowest BCUT2D eigenvalue weighted by atomic mass is 9.89. The second-order valence-corrected chi connectivity index (χ2v) is 6.25. The Kier molecular flexibility index (Phi) is 6.27. The molecule has 4 heteroatoms. The van der Waals surface area contributed by atoms with Crippen molar-refractivity contribution in [3.63, 3.8) is 0 Å². The maximum absolute atomic E-state index is 10.1. The molecule has 3 atom stereocenters. The topological polar surface area (TPSA) is 47.9 Å². The van der Waals surface area contributed by atoms with Gasteiger partial charge in [-0.3, -0.25) is 0 Å². The van der Waals surface area contributed by atoms with E-state index in [-0.39, 0.29) is 18.3 Å². The minimum absolute atomic E-state index is 0.150. The predicted molar refractivity (Wildman–Crippen MR) is 77.6 cm³/mol. The SMILES string of the molecule is CCCCCCC(C)OC1CC2(CCC1O)OCCO2. The van der Waals surface area contributed by atoms with Gasteiger partial charge < -0.3 is 19.3 Å². The Morgan fingerprint density at radius 2 is 2.00 bits per heavy atom. The highest BCUT2D eigenvalue weighted by Gasteiger charge is 2.45. The van der Waals surface area contributed by atoms with Crippen molar-refractivity contribution in [3.05, 3.63) is 0 Å². The molecule has 1 saturated carbocycles. The van der Waals surface area contributed by atoms with Crippen molar-refractivity contribution in [2.24, 2.45) is 0 Å². The molecular weight excluding hydrogens is 256 g/mol. The number of aliphatic hydroxyl groups is 1. The number of hydrogen-bond acceptors (Lipinski definition) is 4. The Hall–Kier alpha value is -0.160. The summed E-state index contributed by atoms with van der Waals surface area (Å²) in [4.78, 5) is 0. The van der Waals surface area contributed by atoms with Gasteiger partial charge in [-0.2, -0.15) is 0 Å². The molecule has 1 N–H and O–H groups in total. The Balaban J connectivity index is 1.74. The van der Waals surface area contributed by atoms with Gasteiger partial charge in [-0.1, -0.05) is 32.6 Å². The molecule has 3 unspecified atom stereocenters. The first kappa shape index (κ1) is 16.2. The van der Waals surface area contributed by atoms with Crippen LogP contribution in [-0.2, 0) is 14.2 Å². The van der Waals surface area contributed by atoms with Crippen LogP contribution >= 0.6 is 0 Å². The Morgan fingerprint density at radius 3 is 2.70 bits per heavy atom. The molecule has 1 spiro atoms. The van der Waals surface area contributed by atoms with Crippen LogP contribution in [0.4, 0.5) is 0 Å². The minimum atomic E-state index is -0.480. The zero-order valence-corrected chi connectivity index (χ0v) is 13.0. The van der Waals surface area contributed by atoms with Crippen molar-refractivity contribution >= 4 is 0 Å². The lowest BCUT2D eigenvalue weighted by Gasteiger charge is -2.39. The first-order valence-corrected chi connectivity index (χ1v) is 8.26. The molecule has 2 rings (SSSR count). The molecule has 1 saturated heterocycles. The van der Waals surface area contributed by atoms with E-state index >= 15 is 0 Å². The highest BCUT2D eigenvalue weighted by Crippen LogP contribution is 2.37. The van der Waals surface area contributed by atoms with Crippen LogP contribution in [0, 0.1) is 0 Å². The van der Waals surface area contributed by atoms with Crippen LogP contribution < -0.4 is 0 Å². The summed E-state index contributed by atoms with van der Waals surface area (Å²) in [6, 6.07) is 0. The van der Waals surface area contributed by atoms with E-state index in [2.05, 4.69) is 13.8 Å². The third-order valence-corrected chi connectivity index (χ3v) is 4.45. The molecular formula is C16H30O4. The van der Waals surface area contributed by atoms with Gasteiger partial charge in [-0.25, -0.2) is 0 Å². The van der Waals surface area contributed by atoms with Crippen LogP contribution in [0.1, 0.15) is 65.2 Å². The largest absolute Gasteiger partial charge is 0.390 e. The van der Waals surface area contributed by atoms with E-state index in [4.69, 9.17) is 14.2 Å². The lowest BCUT2D eigenvalue weighted by Crippen LogP contribution is -2.47. The summed E-state index contributed by atoms with van der Waals surface area (Å²) in [6.07, 6.45) is 7.90. The third kappa shape index (κ3) is 4.42. The summed E-state index contributed by atoms with van der Waals surface area (Å²) in [7, 11) is 0. The number of aliphatic hydroxyl groups excluding tert-OH is 1. The quantitative estimate of drug-likeness (QED) is 0.731. The number of rotatable bonds is 7. The Labute approximate surface area is 122 Å². The van der Waals surface area contributed by atoms with Gasteiger partial charge in [0, 0.05) is 12.8 Å². The van der Waals surface area contributed by atoms with Crippen LogP contribution in [0.15, 0.2) is 0 Å². The Morgan fingerprint density at radius 1 is 1.25 bits per heavy atom. The minimum Gasteiger partial charge on any atom is -0.390 e. The maximum atomic E-state index is 10.1. The summed E-state index contributed by atoms with van der Waals surface area (Å²) < 4.78 is 17.5. The van der Waals surface area contributed by atoms with Crippen molar-refractivity contribution in [2.75, 3.05) is 13.2 Å². The number of unbranched alkanes of at least 4 members (excludes halogenated alkanes) is 3. The monoisotopic (exact) mass is 286 g/mol. The molecule has 2 fully saturated rings. The molecule has 20 heavy (non-hydrogen) atoms. The highest BCUT2D eigenvalue weighted by atomic mass is 16.7. The summed E-state index contributed by atoms with van der Waals surface area (Å²) in [5.41, 5.74) is 0. The van der Waals surface area contributed by atoms with E-state index < -0.39 is 5.79 Å². The van der Waals surface area contributed by atoms with Crippen molar-refractivity contribution in [1.29, 1.82) is 0 Å². The second-order valence-electron chi connectivity index (χ2n) is 6.25. The van der Waals surface area contributed by atoms with Gasteiger partial charge >= 0.3 is 0 Å². The van der Waals surface area contributed by atoms with E-state index in [1.54, 1.807) is 0 Å².